The lowest BCUT2D eigenvalue weighted by molar-refractivity contribution is 0.0789. The zero-order valence-corrected chi connectivity index (χ0v) is 15.4. The molecule has 2 aliphatic rings. The Kier molecular flexibility index (Phi) is 3.80. The third kappa shape index (κ3) is 2.61. The number of fused-ring (bicyclic) bond motifs is 2. The van der Waals surface area contributed by atoms with Gasteiger partial charge in [0.15, 0.2) is 11.5 Å². The molecule has 3 heteroatoms. The third-order valence-electron chi connectivity index (χ3n) is 6.01. The minimum Gasteiger partial charge on any atom is -0.493 e. The summed E-state index contributed by atoms with van der Waals surface area (Å²) >= 11 is 0. The van der Waals surface area contributed by atoms with Crippen molar-refractivity contribution >= 4 is 11.5 Å². The Balaban J connectivity index is 1.54. The van der Waals surface area contributed by atoms with Gasteiger partial charge in [0.1, 0.15) is 5.75 Å². The molecule has 0 fully saturated rings. The molecule has 0 saturated carbocycles. The Morgan fingerprint density at radius 3 is 2.61 bits per heavy atom. The number of ketones is 1. The van der Waals surface area contributed by atoms with Gasteiger partial charge in [-0.05, 0) is 59.7 Å². The maximum absolute atomic E-state index is 13.5. The van der Waals surface area contributed by atoms with Gasteiger partial charge in [-0.25, -0.2) is 4.85 Å². The highest BCUT2D eigenvalue weighted by molar-refractivity contribution is 6.06. The van der Waals surface area contributed by atoms with Gasteiger partial charge in [0.05, 0.1) is 13.2 Å². The summed E-state index contributed by atoms with van der Waals surface area (Å²) in [7, 11) is 0. The Morgan fingerprint density at radius 2 is 1.71 bits per heavy atom. The molecule has 1 aliphatic carbocycles. The Bertz CT molecular complexity index is 1140. The van der Waals surface area contributed by atoms with Crippen LogP contribution >= 0.6 is 0 Å². The van der Waals surface area contributed by atoms with Crippen molar-refractivity contribution in [3.63, 3.8) is 0 Å². The molecule has 1 atom stereocenters. The molecule has 0 amide bonds. The summed E-state index contributed by atoms with van der Waals surface area (Å²) in [6, 6.07) is 21.7. The lowest BCUT2D eigenvalue weighted by atomic mass is 9.76. The number of ether oxygens (including phenoxy) is 1. The van der Waals surface area contributed by atoms with E-state index in [-0.39, 0.29) is 5.78 Å². The first-order valence-corrected chi connectivity index (χ1v) is 9.55. The second kappa shape index (κ2) is 6.35. The van der Waals surface area contributed by atoms with Gasteiger partial charge in [0.2, 0.25) is 0 Å². The highest BCUT2D eigenvalue weighted by Crippen LogP contribution is 2.46. The number of carbonyl (C=O) groups excluding carboxylic acids is 1. The smallest absolute Gasteiger partial charge is 0.187 e. The van der Waals surface area contributed by atoms with Crippen molar-refractivity contribution in [2.75, 3.05) is 6.61 Å². The van der Waals surface area contributed by atoms with Gasteiger partial charge < -0.3 is 4.74 Å². The van der Waals surface area contributed by atoms with E-state index < -0.39 is 5.41 Å². The van der Waals surface area contributed by atoms with Crippen LogP contribution in [0.1, 0.15) is 27.9 Å². The molecular formula is C25H19NO2. The fourth-order valence-corrected chi connectivity index (χ4v) is 4.55. The largest absolute Gasteiger partial charge is 0.493 e. The molecule has 0 aromatic heterocycles. The van der Waals surface area contributed by atoms with Crippen molar-refractivity contribution in [3.8, 4) is 16.9 Å². The number of nitrogens with zero attached hydrogens (tertiary/aromatic N) is 1. The van der Waals surface area contributed by atoms with E-state index in [9.17, 15) is 4.79 Å². The second-order valence-corrected chi connectivity index (χ2v) is 7.70. The molecule has 0 bridgehead atoms. The maximum Gasteiger partial charge on any atom is 0.187 e. The number of carbonyl (C=O) groups is 1. The summed E-state index contributed by atoms with van der Waals surface area (Å²) in [6.07, 6.45) is 2.22. The van der Waals surface area contributed by atoms with E-state index in [4.69, 9.17) is 11.3 Å². The summed E-state index contributed by atoms with van der Waals surface area (Å²) in [6.45, 7) is 7.79. The molecule has 1 unspecified atom stereocenters. The molecule has 1 spiro atoms. The van der Waals surface area contributed by atoms with Crippen LogP contribution in [0.25, 0.3) is 16.0 Å². The first-order chi connectivity index (χ1) is 13.7. The van der Waals surface area contributed by atoms with Crippen LogP contribution < -0.4 is 4.74 Å². The Labute approximate surface area is 164 Å². The van der Waals surface area contributed by atoms with Gasteiger partial charge in [-0.3, -0.25) is 4.79 Å². The lowest BCUT2D eigenvalue weighted by Crippen LogP contribution is -2.31. The van der Waals surface area contributed by atoms with E-state index in [0.29, 0.717) is 12.3 Å². The lowest BCUT2D eigenvalue weighted by Gasteiger charge is -2.24. The zero-order chi connectivity index (χ0) is 19.1. The minimum absolute atomic E-state index is 0.228. The molecule has 0 saturated heterocycles. The number of para-hydroxylation sites is 1. The number of hydrogen-bond acceptors (Lipinski definition) is 2. The van der Waals surface area contributed by atoms with Crippen molar-refractivity contribution in [1.82, 2.24) is 0 Å². The molecule has 28 heavy (non-hydrogen) atoms. The SMILES string of the molecule is [C-]#[N+]c1cccc(-c2ccc3c(c2)C(=O)C2(CCOc4ccccc4C2)C3)c1. The molecule has 1 aliphatic heterocycles. The Morgan fingerprint density at radius 1 is 0.893 bits per heavy atom. The topological polar surface area (TPSA) is 30.7 Å². The fourth-order valence-electron chi connectivity index (χ4n) is 4.55. The first kappa shape index (κ1) is 16.8. The maximum atomic E-state index is 13.5. The minimum atomic E-state index is -0.411. The van der Waals surface area contributed by atoms with E-state index in [1.54, 1.807) is 6.07 Å². The molecule has 1 heterocycles. The van der Waals surface area contributed by atoms with Crippen LogP contribution in [-0.4, -0.2) is 12.4 Å². The van der Waals surface area contributed by atoms with E-state index in [1.807, 2.05) is 42.5 Å². The average molecular weight is 365 g/mol. The molecule has 5 rings (SSSR count). The van der Waals surface area contributed by atoms with Gasteiger partial charge in [-0.2, -0.15) is 0 Å². The number of Topliss-reactive ketones (excluding diaryl/α,β-unsaturated/α-hetero) is 1. The molecule has 0 N–H and O–H groups in total. The fraction of sp³-hybridized carbons (Fsp3) is 0.200. The van der Waals surface area contributed by atoms with E-state index in [0.717, 1.165) is 52.8 Å². The summed E-state index contributed by atoms with van der Waals surface area (Å²) in [5.41, 5.74) is 5.22. The molecule has 3 aromatic carbocycles. The van der Waals surface area contributed by atoms with Gasteiger partial charge in [-0.1, -0.05) is 48.5 Å². The number of rotatable bonds is 1. The van der Waals surface area contributed by atoms with Crippen LogP contribution in [0.4, 0.5) is 5.69 Å². The van der Waals surface area contributed by atoms with Crippen LogP contribution in [0.3, 0.4) is 0 Å². The Hall–Kier alpha value is -3.38. The van der Waals surface area contributed by atoms with E-state index >= 15 is 0 Å². The quantitative estimate of drug-likeness (QED) is 0.521. The van der Waals surface area contributed by atoms with Gasteiger partial charge in [0, 0.05) is 11.0 Å². The second-order valence-electron chi connectivity index (χ2n) is 7.70. The van der Waals surface area contributed by atoms with Crippen molar-refractivity contribution < 1.29 is 9.53 Å². The van der Waals surface area contributed by atoms with Crippen LogP contribution in [0.2, 0.25) is 0 Å². The van der Waals surface area contributed by atoms with Crippen LogP contribution in [0.5, 0.6) is 5.75 Å². The third-order valence-corrected chi connectivity index (χ3v) is 6.01. The summed E-state index contributed by atoms with van der Waals surface area (Å²) in [5.74, 6) is 1.13. The van der Waals surface area contributed by atoms with E-state index in [1.165, 1.54) is 0 Å². The van der Waals surface area contributed by atoms with Crippen molar-refractivity contribution in [2.45, 2.75) is 19.3 Å². The highest BCUT2D eigenvalue weighted by Gasteiger charge is 2.46. The van der Waals surface area contributed by atoms with Gasteiger partial charge >= 0.3 is 0 Å². The highest BCUT2D eigenvalue weighted by atomic mass is 16.5. The van der Waals surface area contributed by atoms with Crippen LogP contribution in [0.15, 0.2) is 66.7 Å². The zero-order valence-electron chi connectivity index (χ0n) is 15.4. The van der Waals surface area contributed by atoms with Crippen LogP contribution in [-0.2, 0) is 12.8 Å². The van der Waals surface area contributed by atoms with Gasteiger partial charge in [-0.15, -0.1) is 0 Å². The van der Waals surface area contributed by atoms with Crippen molar-refractivity contribution in [3.05, 3.63) is 94.8 Å². The van der Waals surface area contributed by atoms with Gasteiger partial charge in [0.25, 0.3) is 0 Å². The summed E-state index contributed by atoms with van der Waals surface area (Å²) in [5, 5.41) is 0. The number of benzene rings is 3. The number of hydrogen-bond donors (Lipinski definition) is 0. The van der Waals surface area contributed by atoms with Crippen molar-refractivity contribution in [1.29, 1.82) is 0 Å². The summed E-state index contributed by atoms with van der Waals surface area (Å²) in [4.78, 5) is 17.1. The monoisotopic (exact) mass is 365 g/mol. The summed E-state index contributed by atoms with van der Waals surface area (Å²) < 4.78 is 5.92. The molecule has 136 valence electrons. The molecule has 3 nitrogen and oxygen atoms in total. The predicted molar refractivity (Wildman–Crippen MR) is 109 cm³/mol. The molecule has 3 aromatic rings. The predicted octanol–water partition coefficient (Wildman–Crippen LogP) is 5.65. The van der Waals surface area contributed by atoms with Crippen molar-refractivity contribution in [2.24, 2.45) is 5.41 Å². The average Bonchev–Trinajstić information content (AvgIpc) is 2.88. The standard InChI is InChI=1S/C25H19NO2/c1-26-21-7-4-6-17(13-21)18-9-10-19-15-25(24(27)22(19)14-18)11-12-28-23-8-3-2-5-20(23)16-25/h2-10,13-14H,11-12,15-16H2. The molecular weight excluding hydrogens is 346 g/mol. The van der Waals surface area contributed by atoms with E-state index in [2.05, 4.69) is 23.0 Å². The normalized spacial score (nSPS) is 20.0. The van der Waals surface area contributed by atoms with Crippen LogP contribution in [0, 0.1) is 12.0 Å². The molecule has 0 radical (unpaired) electrons. The first-order valence-electron chi connectivity index (χ1n) is 9.55.